The Morgan fingerprint density at radius 2 is 1.63 bits per heavy atom. The first-order valence-electron chi connectivity index (χ1n) is 8.45. The lowest BCUT2D eigenvalue weighted by atomic mass is 10.0. The van der Waals surface area contributed by atoms with Crippen LogP contribution in [0.25, 0.3) is 0 Å². The van der Waals surface area contributed by atoms with Crippen LogP contribution in [-0.4, -0.2) is 24.6 Å². The largest absolute Gasteiger partial charge is 0.482 e. The maximum atomic E-state index is 12.2. The van der Waals surface area contributed by atoms with Gasteiger partial charge in [-0.05, 0) is 36.6 Å². The molecule has 1 atom stereocenters. The summed E-state index contributed by atoms with van der Waals surface area (Å²) < 4.78 is 10.7. The number of carbonyl (C=O) groups excluding carboxylic acids is 2. The summed E-state index contributed by atoms with van der Waals surface area (Å²) in [6.07, 6.45) is -1.03. The van der Waals surface area contributed by atoms with Crippen LogP contribution >= 0.6 is 23.2 Å². The Morgan fingerprint density at radius 1 is 1.00 bits per heavy atom. The fourth-order valence-electron chi connectivity index (χ4n) is 2.35. The van der Waals surface area contributed by atoms with E-state index >= 15 is 0 Å². The summed E-state index contributed by atoms with van der Waals surface area (Å²) in [5, 5.41) is 3.15. The summed E-state index contributed by atoms with van der Waals surface area (Å²) in [6.45, 7) is 5.23. The maximum Gasteiger partial charge on any atom is 0.344 e. The zero-order valence-corrected chi connectivity index (χ0v) is 16.8. The van der Waals surface area contributed by atoms with Crippen LogP contribution in [0.2, 0.25) is 10.0 Å². The Labute approximate surface area is 168 Å². The number of esters is 1. The Morgan fingerprint density at radius 3 is 2.26 bits per heavy atom. The van der Waals surface area contributed by atoms with Crippen LogP contribution in [-0.2, 0) is 14.3 Å². The van der Waals surface area contributed by atoms with Crippen molar-refractivity contribution in [1.82, 2.24) is 0 Å². The van der Waals surface area contributed by atoms with Crippen molar-refractivity contribution in [3.8, 4) is 5.75 Å². The second-order valence-corrected chi connectivity index (χ2v) is 7.01. The van der Waals surface area contributed by atoms with Crippen LogP contribution in [0.4, 0.5) is 5.69 Å². The number of halogens is 2. The summed E-state index contributed by atoms with van der Waals surface area (Å²) in [7, 11) is 0. The molecule has 2 aromatic rings. The minimum Gasteiger partial charge on any atom is -0.482 e. The normalized spacial score (nSPS) is 11.8. The van der Waals surface area contributed by atoms with E-state index in [0.717, 1.165) is 5.56 Å². The molecular formula is C20H21Cl2NO4. The van der Waals surface area contributed by atoms with E-state index in [2.05, 4.69) is 5.32 Å². The van der Waals surface area contributed by atoms with Gasteiger partial charge in [-0.2, -0.15) is 0 Å². The predicted molar refractivity (Wildman–Crippen MR) is 107 cm³/mol. The standard InChI is InChI=1S/C20H21Cl2NO4/c1-12(2)14-7-4-5-10-17(14)26-11-18(24)27-13(3)20(25)23-19-15(21)8-6-9-16(19)22/h4-10,12-13H,11H2,1-3H3,(H,23,25)/t13-/m0/s1. The Bertz CT molecular complexity index is 803. The van der Waals surface area contributed by atoms with Crippen LogP contribution in [0.15, 0.2) is 42.5 Å². The number of ether oxygens (including phenoxy) is 2. The SMILES string of the molecule is CC(C)c1ccccc1OCC(=O)O[C@@H](C)C(=O)Nc1c(Cl)cccc1Cl. The molecule has 0 aromatic heterocycles. The van der Waals surface area contributed by atoms with Gasteiger partial charge in [0.15, 0.2) is 12.7 Å². The van der Waals surface area contributed by atoms with Gasteiger partial charge in [-0.25, -0.2) is 4.79 Å². The van der Waals surface area contributed by atoms with Crippen LogP contribution < -0.4 is 10.1 Å². The summed E-state index contributed by atoms with van der Waals surface area (Å²) in [5.41, 5.74) is 1.26. The molecule has 0 saturated carbocycles. The van der Waals surface area contributed by atoms with Gasteiger partial charge >= 0.3 is 5.97 Å². The number of amides is 1. The van der Waals surface area contributed by atoms with Crippen molar-refractivity contribution in [2.45, 2.75) is 32.8 Å². The van der Waals surface area contributed by atoms with Gasteiger partial charge in [0, 0.05) is 0 Å². The first-order chi connectivity index (χ1) is 12.8. The van der Waals surface area contributed by atoms with Crippen molar-refractivity contribution in [2.24, 2.45) is 0 Å². The Balaban J connectivity index is 1.91. The van der Waals surface area contributed by atoms with Crippen molar-refractivity contribution in [3.05, 3.63) is 58.1 Å². The molecule has 0 aliphatic heterocycles. The number of nitrogens with one attached hydrogen (secondary N) is 1. The average Bonchev–Trinajstić information content (AvgIpc) is 2.63. The van der Waals surface area contributed by atoms with E-state index in [1.54, 1.807) is 24.3 Å². The molecule has 0 aliphatic rings. The van der Waals surface area contributed by atoms with E-state index in [0.29, 0.717) is 15.8 Å². The Kier molecular flexibility index (Phi) is 7.51. The van der Waals surface area contributed by atoms with Crippen LogP contribution in [0.5, 0.6) is 5.75 Å². The fraction of sp³-hybridized carbons (Fsp3) is 0.300. The van der Waals surface area contributed by atoms with Gasteiger partial charge in [-0.1, -0.05) is 61.3 Å². The number of anilines is 1. The molecule has 1 N–H and O–H groups in total. The van der Waals surface area contributed by atoms with E-state index in [1.807, 2.05) is 32.0 Å². The molecule has 1 amide bonds. The van der Waals surface area contributed by atoms with Crippen molar-refractivity contribution in [1.29, 1.82) is 0 Å². The number of hydrogen-bond acceptors (Lipinski definition) is 4. The van der Waals surface area contributed by atoms with Gasteiger partial charge in [0.1, 0.15) is 5.75 Å². The summed E-state index contributed by atoms with van der Waals surface area (Å²) in [4.78, 5) is 24.2. The predicted octanol–water partition coefficient (Wildman–Crippen LogP) is 5.07. The second kappa shape index (κ2) is 9.62. The third-order valence-electron chi connectivity index (χ3n) is 3.77. The highest BCUT2D eigenvalue weighted by Crippen LogP contribution is 2.30. The summed E-state index contributed by atoms with van der Waals surface area (Å²) in [5.74, 6) is -0.325. The first-order valence-corrected chi connectivity index (χ1v) is 9.21. The molecule has 2 rings (SSSR count). The van der Waals surface area contributed by atoms with Crippen molar-refractivity contribution in [2.75, 3.05) is 11.9 Å². The Hall–Kier alpha value is -2.24. The lowest BCUT2D eigenvalue weighted by Gasteiger charge is -2.16. The summed E-state index contributed by atoms with van der Waals surface area (Å²) >= 11 is 12.0. The highest BCUT2D eigenvalue weighted by Gasteiger charge is 2.20. The highest BCUT2D eigenvalue weighted by atomic mass is 35.5. The van der Waals surface area contributed by atoms with Crippen LogP contribution in [0, 0.1) is 0 Å². The number of hydrogen-bond donors (Lipinski definition) is 1. The van der Waals surface area contributed by atoms with E-state index in [-0.39, 0.29) is 18.2 Å². The zero-order chi connectivity index (χ0) is 20.0. The molecule has 7 heteroatoms. The molecule has 2 aromatic carbocycles. The van der Waals surface area contributed by atoms with Gasteiger partial charge in [0.05, 0.1) is 15.7 Å². The lowest BCUT2D eigenvalue weighted by molar-refractivity contribution is -0.155. The van der Waals surface area contributed by atoms with Gasteiger partial charge < -0.3 is 14.8 Å². The molecule has 0 aliphatic carbocycles. The van der Waals surface area contributed by atoms with Gasteiger partial charge in [0.2, 0.25) is 0 Å². The first kappa shape index (κ1) is 21.1. The molecule has 0 saturated heterocycles. The second-order valence-electron chi connectivity index (χ2n) is 6.20. The summed E-state index contributed by atoms with van der Waals surface area (Å²) in [6, 6.07) is 12.3. The molecule has 144 valence electrons. The van der Waals surface area contributed by atoms with Crippen LogP contribution in [0.3, 0.4) is 0 Å². The smallest absolute Gasteiger partial charge is 0.344 e. The molecular weight excluding hydrogens is 389 g/mol. The number of rotatable bonds is 7. The monoisotopic (exact) mass is 409 g/mol. The van der Waals surface area contributed by atoms with E-state index in [1.165, 1.54) is 6.92 Å². The molecule has 5 nitrogen and oxygen atoms in total. The maximum absolute atomic E-state index is 12.2. The highest BCUT2D eigenvalue weighted by molar-refractivity contribution is 6.39. The molecule has 0 unspecified atom stereocenters. The van der Waals surface area contributed by atoms with Crippen molar-refractivity contribution >= 4 is 40.8 Å². The van der Waals surface area contributed by atoms with E-state index < -0.39 is 18.0 Å². The molecule has 27 heavy (non-hydrogen) atoms. The quantitative estimate of drug-likeness (QED) is 0.648. The van der Waals surface area contributed by atoms with Crippen molar-refractivity contribution in [3.63, 3.8) is 0 Å². The topological polar surface area (TPSA) is 64.6 Å². The number of para-hydroxylation sites is 2. The number of carbonyl (C=O) groups is 2. The lowest BCUT2D eigenvalue weighted by Crippen LogP contribution is -2.31. The zero-order valence-electron chi connectivity index (χ0n) is 15.3. The van der Waals surface area contributed by atoms with Crippen LogP contribution in [0.1, 0.15) is 32.3 Å². The minimum atomic E-state index is -1.03. The van der Waals surface area contributed by atoms with Crippen molar-refractivity contribution < 1.29 is 19.1 Å². The van der Waals surface area contributed by atoms with Gasteiger partial charge in [0.25, 0.3) is 5.91 Å². The fourth-order valence-corrected chi connectivity index (χ4v) is 2.84. The third kappa shape index (κ3) is 5.88. The molecule has 0 radical (unpaired) electrons. The van der Waals surface area contributed by atoms with E-state index in [4.69, 9.17) is 32.7 Å². The third-order valence-corrected chi connectivity index (χ3v) is 4.40. The molecule has 0 heterocycles. The van der Waals surface area contributed by atoms with Gasteiger partial charge in [-0.15, -0.1) is 0 Å². The molecule has 0 spiro atoms. The number of benzene rings is 2. The minimum absolute atomic E-state index is 0.252. The molecule has 0 fully saturated rings. The van der Waals surface area contributed by atoms with Gasteiger partial charge in [-0.3, -0.25) is 4.79 Å². The van der Waals surface area contributed by atoms with E-state index in [9.17, 15) is 9.59 Å². The average molecular weight is 410 g/mol. The molecule has 0 bridgehead atoms.